The number of anilines is 1. The van der Waals surface area contributed by atoms with Gasteiger partial charge in [0, 0.05) is 18.1 Å². The summed E-state index contributed by atoms with van der Waals surface area (Å²) in [5.74, 6) is -0.869. The van der Waals surface area contributed by atoms with Gasteiger partial charge in [-0.3, -0.25) is 9.78 Å². The van der Waals surface area contributed by atoms with E-state index in [-0.39, 0.29) is 6.54 Å². The molecule has 0 radical (unpaired) electrons. The number of aromatic nitrogens is 1. The highest BCUT2D eigenvalue weighted by atomic mass is 35.5. The van der Waals surface area contributed by atoms with Gasteiger partial charge in [-0.1, -0.05) is 23.7 Å². The molecule has 0 spiro atoms. The van der Waals surface area contributed by atoms with Crippen molar-refractivity contribution in [3.8, 4) is 0 Å². The average Bonchev–Trinajstić information content (AvgIpc) is 2.31. The first-order chi connectivity index (χ1) is 8.91. The molecule has 1 heterocycles. The minimum Gasteiger partial charge on any atom is -0.480 e. The van der Waals surface area contributed by atoms with Crippen LogP contribution in [0.4, 0.5) is 5.69 Å². The number of likely N-dealkylation sites (N-methyl/N-ethyl adjacent to an activating group) is 1. The Morgan fingerprint density at radius 3 is 2.74 bits per heavy atom. The minimum absolute atomic E-state index is 0.0636. The molecule has 0 aliphatic heterocycles. The number of pyridine rings is 1. The fourth-order valence-corrected chi connectivity index (χ4v) is 2.44. The number of aliphatic carboxylic acids is 1. The van der Waals surface area contributed by atoms with Crippen LogP contribution in [0.25, 0.3) is 10.9 Å². The van der Waals surface area contributed by atoms with Gasteiger partial charge in [-0.2, -0.15) is 0 Å². The zero-order valence-corrected chi connectivity index (χ0v) is 11.8. The molecule has 5 heteroatoms. The first kappa shape index (κ1) is 13.6. The third-order valence-corrected chi connectivity index (χ3v) is 3.48. The lowest BCUT2D eigenvalue weighted by molar-refractivity contribution is -0.135. The van der Waals surface area contributed by atoms with E-state index in [9.17, 15) is 4.79 Å². The van der Waals surface area contributed by atoms with Crippen LogP contribution < -0.4 is 4.90 Å². The summed E-state index contributed by atoms with van der Waals surface area (Å²) in [5, 5.41) is 10.4. The number of halogens is 1. The number of carboxylic acid groups (broad SMARTS) is 1. The molecule has 0 saturated heterocycles. The van der Waals surface area contributed by atoms with E-state index in [0.29, 0.717) is 10.5 Å². The minimum atomic E-state index is -0.869. The zero-order valence-electron chi connectivity index (χ0n) is 11.1. The second kappa shape index (κ2) is 5.05. The highest BCUT2D eigenvalue weighted by Gasteiger charge is 2.16. The summed E-state index contributed by atoms with van der Waals surface area (Å²) >= 11 is 6.17. The number of carboxylic acids is 1. The molecule has 0 fully saturated rings. The third-order valence-electron chi connectivity index (χ3n) is 3.17. The summed E-state index contributed by atoms with van der Waals surface area (Å²) in [6.07, 6.45) is 0. The van der Waals surface area contributed by atoms with E-state index in [1.807, 2.05) is 26.0 Å². The highest BCUT2D eigenvalue weighted by molar-refractivity contribution is 6.35. The van der Waals surface area contributed by atoms with Crippen LogP contribution in [-0.4, -0.2) is 29.7 Å². The highest BCUT2D eigenvalue weighted by Crippen LogP contribution is 2.33. The van der Waals surface area contributed by atoms with Crippen molar-refractivity contribution in [2.24, 2.45) is 0 Å². The van der Waals surface area contributed by atoms with Crippen molar-refractivity contribution >= 4 is 34.2 Å². The smallest absolute Gasteiger partial charge is 0.323 e. The summed E-state index contributed by atoms with van der Waals surface area (Å²) in [4.78, 5) is 17.1. The molecule has 0 bridgehead atoms. The van der Waals surface area contributed by atoms with Crippen molar-refractivity contribution < 1.29 is 9.90 Å². The Morgan fingerprint density at radius 1 is 1.42 bits per heavy atom. The van der Waals surface area contributed by atoms with Gasteiger partial charge in [-0.25, -0.2) is 0 Å². The van der Waals surface area contributed by atoms with E-state index < -0.39 is 5.97 Å². The Balaban J connectivity index is 2.73. The van der Waals surface area contributed by atoms with E-state index in [2.05, 4.69) is 4.98 Å². The van der Waals surface area contributed by atoms with Gasteiger partial charge in [0.1, 0.15) is 6.54 Å². The molecule has 4 nitrogen and oxygen atoms in total. The molecule has 1 N–H and O–H groups in total. The summed E-state index contributed by atoms with van der Waals surface area (Å²) in [7, 11) is 1.76. The van der Waals surface area contributed by atoms with E-state index in [4.69, 9.17) is 16.7 Å². The maximum atomic E-state index is 10.9. The molecule has 1 aromatic carbocycles. The molecule has 0 amide bonds. The molecule has 0 unspecified atom stereocenters. The number of para-hydroxylation sites is 1. The maximum absolute atomic E-state index is 10.9. The first-order valence-corrected chi connectivity index (χ1v) is 6.28. The van der Waals surface area contributed by atoms with Gasteiger partial charge in [-0.15, -0.1) is 0 Å². The maximum Gasteiger partial charge on any atom is 0.323 e. The number of carbonyl (C=O) groups is 1. The normalized spacial score (nSPS) is 10.7. The van der Waals surface area contributed by atoms with E-state index >= 15 is 0 Å². The molecule has 0 saturated carbocycles. The fourth-order valence-electron chi connectivity index (χ4n) is 2.22. The van der Waals surface area contributed by atoms with Crippen molar-refractivity contribution in [3.05, 3.63) is 34.5 Å². The van der Waals surface area contributed by atoms with Crippen LogP contribution in [0.3, 0.4) is 0 Å². The zero-order chi connectivity index (χ0) is 14.2. The lowest BCUT2D eigenvalue weighted by atomic mass is 10.1. The van der Waals surface area contributed by atoms with Gasteiger partial charge in [0.25, 0.3) is 0 Å². The van der Waals surface area contributed by atoms with Crippen LogP contribution in [0.15, 0.2) is 18.2 Å². The van der Waals surface area contributed by atoms with E-state index in [0.717, 1.165) is 22.3 Å². The number of fused-ring (bicyclic) bond motifs is 1. The molecular formula is C14H15ClN2O2. The third kappa shape index (κ3) is 2.49. The molecule has 2 rings (SSSR count). The summed E-state index contributed by atoms with van der Waals surface area (Å²) in [6.45, 7) is 3.78. The second-order valence-electron chi connectivity index (χ2n) is 4.56. The van der Waals surface area contributed by atoms with Gasteiger partial charge in [0.15, 0.2) is 0 Å². The standard InChI is InChI=1S/C14H15ClN2O2/c1-8-9(2)16-13-10(5-4-6-11(13)15)14(8)17(3)7-12(18)19/h4-6H,7H2,1-3H3,(H,18,19). The SMILES string of the molecule is Cc1nc2c(Cl)cccc2c(N(C)CC(=O)O)c1C. The predicted octanol–water partition coefficient (Wildman–Crippen LogP) is 3.03. The Morgan fingerprint density at radius 2 is 2.11 bits per heavy atom. The Bertz CT molecular complexity index is 655. The van der Waals surface area contributed by atoms with Crippen LogP contribution in [0.1, 0.15) is 11.3 Å². The number of benzene rings is 1. The molecule has 19 heavy (non-hydrogen) atoms. The number of rotatable bonds is 3. The molecule has 100 valence electrons. The average molecular weight is 279 g/mol. The number of hydrogen-bond acceptors (Lipinski definition) is 3. The van der Waals surface area contributed by atoms with Crippen molar-refractivity contribution in [3.63, 3.8) is 0 Å². The van der Waals surface area contributed by atoms with E-state index in [1.54, 1.807) is 18.0 Å². The van der Waals surface area contributed by atoms with Crippen molar-refractivity contribution in [1.29, 1.82) is 0 Å². The van der Waals surface area contributed by atoms with Crippen molar-refractivity contribution in [1.82, 2.24) is 4.98 Å². The van der Waals surface area contributed by atoms with Crippen molar-refractivity contribution in [2.45, 2.75) is 13.8 Å². The summed E-state index contributed by atoms with van der Waals surface area (Å²) in [5.41, 5.74) is 3.40. The molecule has 0 aliphatic rings. The van der Waals surface area contributed by atoms with Gasteiger partial charge >= 0.3 is 5.97 Å². The van der Waals surface area contributed by atoms with Crippen molar-refractivity contribution in [2.75, 3.05) is 18.5 Å². The summed E-state index contributed by atoms with van der Waals surface area (Å²) in [6, 6.07) is 5.54. The largest absolute Gasteiger partial charge is 0.480 e. The quantitative estimate of drug-likeness (QED) is 0.938. The molecule has 1 aromatic heterocycles. The summed E-state index contributed by atoms with van der Waals surface area (Å²) < 4.78 is 0. The second-order valence-corrected chi connectivity index (χ2v) is 4.96. The lowest BCUT2D eigenvalue weighted by Crippen LogP contribution is -2.26. The molecule has 0 atom stereocenters. The number of nitrogens with zero attached hydrogens (tertiary/aromatic N) is 2. The van der Waals surface area contributed by atoms with Crippen LogP contribution >= 0.6 is 11.6 Å². The van der Waals surface area contributed by atoms with Gasteiger partial charge in [-0.05, 0) is 25.5 Å². The number of hydrogen-bond donors (Lipinski definition) is 1. The fraction of sp³-hybridized carbons (Fsp3) is 0.286. The Kier molecular flexibility index (Phi) is 3.62. The Hall–Kier alpha value is -1.81. The molecule has 0 aliphatic carbocycles. The van der Waals surface area contributed by atoms with Crippen LogP contribution in [0, 0.1) is 13.8 Å². The molecular weight excluding hydrogens is 264 g/mol. The van der Waals surface area contributed by atoms with Gasteiger partial charge in [0.05, 0.1) is 16.2 Å². The predicted molar refractivity (Wildman–Crippen MR) is 77.1 cm³/mol. The van der Waals surface area contributed by atoms with Gasteiger partial charge in [0.2, 0.25) is 0 Å². The first-order valence-electron chi connectivity index (χ1n) is 5.90. The topological polar surface area (TPSA) is 53.4 Å². The Labute approximate surface area is 116 Å². The van der Waals surface area contributed by atoms with E-state index in [1.165, 1.54) is 0 Å². The lowest BCUT2D eigenvalue weighted by Gasteiger charge is -2.22. The number of aryl methyl sites for hydroxylation is 1. The monoisotopic (exact) mass is 278 g/mol. The van der Waals surface area contributed by atoms with Gasteiger partial charge < -0.3 is 10.0 Å². The van der Waals surface area contributed by atoms with Crippen LogP contribution in [0.5, 0.6) is 0 Å². The van der Waals surface area contributed by atoms with Crippen LogP contribution in [-0.2, 0) is 4.79 Å². The molecule has 2 aromatic rings. The van der Waals surface area contributed by atoms with Crippen LogP contribution in [0.2, 0.25) is 5.02 Å².